The number of hydrogen-bond donors (Lipinski definition) is 1. The molecule has 0 aliphatic carbocycles. The summed E-state index contributed by atoms with van der Waals surface area (Å²) in [5.74, 6) is 0. The lowest BCUT2D eigenvalue weighted by Gasteiger charge is -2.27. The first-order chi connectivity index (χ1) is 11.7. The molecule has 2 rings (SSSR count). The van der Waals surface area contributed by atoms with Gasteiger partial charge in [0, 0.05) is 0 Å². The number of benzene rings is 2. The molecule has 0 spiro atoms. The summed E-state index contributed by atoms with van der Waals surface area (Å²) in [6.45, 7) is 5.19. The van der Waals surface area contributed by atoms with Crippen LogP contribution in [-0.4, -0.2) is 8.42 Å². The lowest BCUT2D eigenvalue weighted by molar-refractivity contribution is 0.421. The molecule has 0 saturated carbocycles. The number of nitrogens with zero attached hydrogens (tertiary/aromatic N) is 2. The molecule has 0 bridgehead atoms. The molecule has 0 amide bonds. The SMILES string of the molecule is Cc1ccc(C(NS(=O)(=O)c2ccc(C)cc2)C(C)(C#N)C#N)cc1. The topological polar surface area (TPSA) is 93.8 Å². The van der Waals surface area contributed by atoms with Gasteiger partial charge in [-0.15, -0.1) is 0 Å². The van der Waals surface area contributed by atoms with E-state index in [0.717, 1.165) is 11.1 Å². The van der Waals surface area contributed by atoms with Gasteiger partial charge in [-0.25, -0.2) is 13.1 Å². The van der Waals surface area contributed by atoms with E-state index < -0.39 is 21.5 Å². The highest BCUT2D eigenvalue weighted by Gasteiger charge is 2.39. The van der Waals surface area contributed by atoms with Gasteiger partial charge in [0.25, 0.3) is 0 Å². The zero-order valence-electron chi connectivity index (χ0n) is 14.3. The van der Waals surface area contributed by atoms with Crippen molar-refractivity contribution >= 4 is 10.0 Å². The quantitative estimate of drug-likeness (QED) is 0.891. The summed E-state index contributed by atoms with van der Waals surface area (Å²) in [7, 11) is -3.89. The lowest BCUT2D eigenvalue weighted by Crippen LogP contribution is -2.38. The van der Waals surface area contributed by atoms with Crippen molar-refractivity contribution in [2.75, 3.05) is 0 Å². The summed E-state index contributed by atoms with van der Waals surface area (Å²) < 4.78 is 28.0. The fraction of sp³-hybridized carbons (Fsp3) is 0.263. The van der Waals surface area contributed by atoms with Gasteiger partial charge in [-0.05, 0) is 38.5 Å². The van der Waals surface area contributed by atoms with Crippen molar-refractivity contribution in [3.05, 3.63) is 65.2 Å². The summed E-state index contributed by atoms with van der Waals surface area (Å²) in [4.78, 5) is 0.0911. The van der Waals surface area contributed by atoms with Gasteiger partial charge >= 0.3 is 0 Å². The van der Waals surface area contributed by atoms with Crippen molar-refractivity contribution in [1.29, 1.82) is 10.5 Å². The van der Waals surface area contributed by atoms with Crippen molar-refractivity contribution in [1.82, 2.24) is 4.72 Å². The van der Waals surface area contributed by atoms with Crippen molar-refractivity contribution in [3.8, 4) is 12.1 Å². The van der Waals surface area contributed by atoms with Gasteiger partial charge in [0.1, 0.15) is 0 Å². The molecule has 5 nitrogen and oxygen atoms in total. The van der Waals surface area contributed by atoms with Crippen LogP contribution < -0.4 is 4.72 Å². The second-order valence-electron chi connectivity index (χ2n) is 6.20. The highest BCUT2D eigenvalue weighted by Crippen LogP contribution is 2.34. The average molecular weight is 353 g/mol. The summed E-state index contributed by atoms with van der Waals surface area (Å²) in [6.07, 6.45) is 0. The first-order valence-corrected chi connectivity index (χ1v) is 9.18. The van der Waals surface area contributed by atoms with E-state index in [4.69, 9.17) is 0 Å². The first kappa shape index (κ1) is 18.7. The highest BCUT2D eigenvalue weighted by atomic mass is 32.2. The van der Waals surface area contributed by atoms with Crippen LogP contribution in [0.2, 0.25) is 0 Å². The summed E-state index contributed by atoms with van der Waals surface area (Å²) in [5, 5.41) is 18.9. The molecule has 0 fully saturated rings. The van der Waals surface area contributed by atoms with Crippen molar-refractivity contribution in [3.63, 3.8) is 0 Å². The molecular weight excluding hydrogens is 334 g/mol. The molecule has 1 atom stereocenters. The van der Waals surface area contributed by atoms with E-state index in [1.54, 1.807) is 24.3 Å². The Labute approximate surface area is 148 Å². The van der Waals surface area contributed by atoms with Crippen LogP contribution in [0.5, 0.6) is 0 Å². The van der Waals surface area contributed by atoms with Crippen LogP contribution in [0.15, 0.2) is 53.4 Å². The van der Waals surface area contributed by atoms with Crippen LogP contribution >= 0.6 is 0 Å². The number of hydrogen-bond acceptors (Lipinski definition) is 4. The Bertz CT molecular complexity index is 920. The molecule has 0 radical (unpaired) electrons. The monoisotopic (exact) mass is 353 g/mol. The van der Waals surface area contributed by atoms with Crippen molar-refractivity contribution < 1.29 is 8.42 Å². The van der Waals surface area contributed by atoms with Gasteiger partial charge in [-0.3, -0.25) is 0 Å². The minimum Gasteiger partial charge on any atom is -0.207 e. The van der Waals surface area contributed by atoms with Gasteiger partial charge in [0.15, 0.2) is 5.41 Å². The van der Waals surface area contributed by atoms with Gasteiger partial charge < -0.3 is 0 Å². The van der Waals surface area contributed by atoms with Gasteiger partial charge in [0.2, 0.25) is 10.0 Å². The van der Waals surface area contributed by atoms with Crippen LogP contribution in [0.1, 0.15) is 29.7 Å². The Kier molecular flexibility index (Phi) is 5.27. The zero-order chi connectivity index (χ0) is 18.7. The smallest absolute Gasteiger partial charge is 0.207 e. The van der Waals surface area contributed by atoms with Crippen molar-refractivity contribution in [2.45, 2.75) is 31.7 Å². The van der Waals surface area contributed by atoms with E-state index in [9.17, 15) is 18.9 Å². The third-order valence-electron chi connectivity index (χ3n) is 4.06. The zero-order valence-corrected chi connectivity index (χ0v) is 15.1. The number of rotatable bonds is 5. The maximum absolute atomic E-state index is 12.7. The molecule has 128 valence electrons. The molecule has 0 aromatic heterocycles. The fourth-order valence-corrected chi connectivity index (χ4v) is 3.69. The van der Waals surface area contributed by atoms with Crippen molar-refractivity contribution in [2.24, 2.45) is 5.41 Å². The predicted molar refractivity (Wildman–Crippen MR) is 94.8 cm³/mol. The second-order valence-corrected chi connectivity index (χ2v) is 7.92. The molecule has 0 saturated heterocycles. The molecule has 6 heteroatoms. The Morgan fingerprint density at radius 2 is 1.36 bits per heavy atom. The van der Waals surface area contributed by atoms with Crippen LogP contribution in [-0.2, 0) is 10.0 Å². The van der Waals surface area contributed by atoms with Crippen LogP contribution in [0.3, 0.4) is 0 Å². The summed E-state index contributed by atoms with van der Waals surface area (Å²) in [6, 6.07) is 16.4. The lowest BCUT2D eigenvalue weighted by atomic mass is 9.82. The molecule has 0 aliphatic rings. The van der Waals surface area contributed by atoms with Gasteiger partial charge in [-0.2, -0.15) is 10.5 Å². The predicted octanol–water partition coefficient (Wildman–Crippen LogP) is 3.38. The molecule has 1 N–H and O–H groups in total. The number of nitriles is 2. The fourth-order valence-electron chi connectivity index (χ4n) is 2.37. The Morgan fingerprint density at radius 3 is 1.80 bits per heavy atom. The molecule has 2 aromatic carbocycles. The Balaban J connectivity index is 2.50. The number of sulfonamides is 1. The number of aryl methyl sites for hydroxylation is 2. The van der Waals surface area contributed by atoms with Gasteiger partial charge in [-0.1, -0.05) is 47.5 Å². The van der Waals surface area contributed by atoms with Crippen LogP contribution in [0, 0.1) is 41.9 Å². The van der Waals surface area contributed by atoms with Crippen LogP contribution in [0.25, 0.3) is 0 Å². The van der Waals surface area contributed by atoms with E-state index >= 15 is 0 Å². The van der Waals surface area contributed by atoms with E-state index in [-0.39, 0.29) is 4.90 Å². The molecule has 1 unspecified atom stereocenters. The van der Waals surface area contributed by atoms with E-state index in [2.05, 4.69) is 4.72 Å². The molecule has 2 aromatic rings. The average Bonchev–Trinajstić information content (AvgIpc) is 2.60. The molecule has 0 aliphatic heterocycles. The molecular formula is C19H19N3O2S. The van der Waals surface area contributed by atoms with E-state index in [1.807, 2.05) is 38.1 Å². The highest BCUT2D eigenvalue weighted by molar-refractivity contribution is 7.89. The number of nitrogens with one attached hydrogen (secondary N) is 1. The standard InChI is InChI=1S/C19H19N3O2S/c1-14-4-8-16(9-5-14)18(19(3,12-20)13-21)22-25(23,24)17-10-6-15(2)7-11-17/h4-11,18,22H,1-3H3. The maximum atomic E-state index is 12.7. The Hall–Kier alpha value is -2.67. The minimum absolute atomic E-state index is 0.0911. The molecule has 25 heavy (non-hydrogen) atoms. The minimum atomic E-state index is -3.89. The van der Waals surface area contributed by atoms with Gasteiger partial charge in [0.05, 0.1) is 23.1 Å². The molecule has 0 heterocycles. The third-order valence-corrected chi connectivity index (χ3v) is 5.50. The normalized spacial score (nSPS) is 12.8. The largest absolute Gasteiger partial charge is 0.241 e. The first-order valence-electron chi connectivity index (χ1n) is 7.70. The maximum Gasteiger partial charge on any atom is 0.241 e. The summed E-state index contributed by atoms with van der Waals surface area (Å²) >= 11 is 0. The van der Waals surface area contributed by atoms with E-state index in [0.29, 0.717) is 5.56 Å². The second kappa shape index (κ2) is 7.06. The summed E-state index contributed by atoms with van der Waals surface area (Å²) in [5.41, 5.74) is 0.951. The van der Waals surface area contributed by atoms with Crippen LogP contribution in [0.4, 0.5) is 0 Å². The Morgan fingerprint density at radius 1 is 0.920 bits per heavy atom. The third kappa shape index (κ3) is 4.06. The van der Waals surface area contributed by atoms with E-state index in [1.165, 1.54) is 19.1 Å².